The van der Waals surface area contributed by atoms with Crippen LogP contribution in [0.5, 0.6) is 0 Å². The van der Waals surface area contributed by atoms with E-state index < -0.39 is 35.3 Å². The lowest BCUT2D eigenvalue weighted by Crippen LogP contribution is -2.24. The van der Waals surface area contributed by atoms with E-state index in [4.69, 9.17) is 0 Å². The highest BCUT2D eigenvalue weighted by Crippen LogP contribution is 2.27. The number of benzene rings is 1. The maximum absolute atomic E-state index is 13.7. The Labute approximate surface area is 150 Å². The van der Waals surface area contributed by atoms with Gasteiger partial charge < -0.3 is 10.6 Å². The Morgan fingerprint density at radius 3 is 2.37 bits per heavy atom. The number of hydrogen-bond acceptors (Lipinski definition) is 4. The summed E-state index contributed by atoms with van der Waals surface area (Å²) in [7, 11) is 0. The van der Waals surface area contributed by atoms with Gasteiger partial charge in [-0.15, -0.1) is 0 Å². The van der Waals surface area contributed by atoms with Crippen LogP contribution in [0.25, 0.3) is 0 Å². The average Bonchev–Trinajstić information content (AvgIpc) is 3.18. The van der Waals surface area contributed by atoms with Crippen molar-refractivity contribution < 1.29 is 22.4 Å². The van der Waals surface area contributed by atoms with Gasteiger partial charge in [-0.2, -0.15) is 27.6 Å². The second-order valence-electron chi connectivity index (χ2n) is 5.55. The molecule has 0 saturated carbocycles. The molecule has 3 aromatic rings. The first-order chi connectivity index (χ1) is 12.9. The van der Waals surface area contributed by atoms with Gasteiger partial charge >= 0.3 is 0 Å². The highest BCUT2D eigenvalue weighted by molar-refractivity contribution is 5.93. The van der Waals surface area contributed by atoms with Crippen molar-refractivity contribution in [1.29, 1.82) is 0 Å². The topological polar surface area (TPSA) is 71.8 Å². The van der Waals surface area contributed by atoms with Crippen molar-refractivity contribution in [3.63, 3.8) is 0 Å². The summed E-state index contributed by atoms with van der Waals surface area (Å²) in [6.07, 6.45) is 3.16. The maximum Gasteiger partial charge on any atom is 0.253 e. The van der Waals surface area contributed by atoms with Gasteiger partial charge in [-0.3, -0.25) is 9.48 Å². The van der Waals surface area contributed by atoms with Crippen molar-refractivity contribution in [2.75, 3.05) is 10.6 Å². The molecule has 0 aliphatic rings. The second-order valence-corrected chi connectivity index (χ2v) is 5.55. The molecule has 0 bridgehead atoms. The minimum atomic E-state index is -1.77. The molecular formula is C17H13F4N5O. The van der Waals surface area contributed by atoms with Crippen LogP contribution >= 0.6 is 0 Å². The van der Waals surface area contributed by atoms with Crippen LogP contribution in [0.1, 0.15) is 13.0 Å². The normalized spacial score (nSPS) is 11.9. The number of rotatable bonds is 5. The van der Waals surface area contributed by atoms with Crippen LogP contribution in [0.2, 0.25) is 0 Å². The first-order valence-corrected chi connectivity index (χ1v) is 7.74. The van der Waals surface area contributed by atoms with E-state index >= 15 is 0 Å². The molecule has 0 radical (unpaired) electrons. The number of carbonyl (C=O) groups excluding carboxylic acids is 1. The standard InChI is InChI=1S/C17H13F4N5O/c1-9(26-7-3-6-22-26)17(27)24-11-5-2-4-10(8-11)23-14-12(18)15(20)25-16(21)13(14)19/h2-9H,1H3,(H,23,25)(H,24,27). The molecule has 0 aliphatic heterocycles. The van der Waals surface area contributed by atoms with Crippen LogP contribution in [0.3, 0.4) is 0 Å². The quantitative estimate of drug-likeness (QED) is 0.523. The van der Waals surface area contributed by atoms with Crippen molar-refractivity contribution in [3.05, 3.63) is 66.3 Å². The van der Waals surface area contributed by atoms with Gasteiger partial charge in [0.2, 0.25) is 17.5 Å². The van der Waals surface area contributed by atoms with E-state index in [9.17, 15) is 22.4 Å². The van der Waals surface area contributed by atoms with E-state index in [-0.39, 0.29) is 11.6 Å². The Hall–Kier alpha value is -3.43. The molecule has 6 nitrogen and oxygen atoms in total. The van der Waals surface area contributed by atoms with Crippen LogP contribution in [0, 0.1) is 23.5 Å². The maximum atomic E-state index is 13.7. The predicted molar refractivity (Wildman–Crippen MR) is 89.4 cm³/mol. The van der Waals surface area contributed by atoms with Crippen molar-refractivity contribution in [2.45, 2.75) is 13.0 Å². The number of nitrogens with zero attached hydrogens (tertiary/aromatic N) is 3. The number of pyridine rings is 1. The Morgan fingerprint density at radius 1 is 1.07 bits per heavy atom. The summed E-state index contributed by atoms with van der Waals surface area (Å²) in [5.74, 6) is -7.23. The largest absolute Gasteiger partial charge is 0.350 e. The van der Waals surface area contributed by atoms with Gasteiger partial charge in [0.25, 0.3) is 11.9 Å². The molecule has 2 heterocycles. The molecule has 0 aliphatic carbocycles. The Morgan fingerprint density at radius 2 is 1.74 bits per heavy atom. The second kappa shape index (κ2) is 7.44. The van der Waals surface area contributed by atoms with E-state index in [0.29, 0.717) is 5.69 Å². The van der Waals surface area contributed by atoms with Gasteiger partial charge in [-0.25, -0.2) is 0 Å². The van der Waals surface area contributed by atoms with Crippen LogP contribution in [0.4, 0.5) is 34.6 Å². The summed E-state index contributed by atoms with van der Waals surface area (Å²) in [6, 6.07) is 6.85. The summed E-state index contributed by atoms with van der Waals surface area (Å²) in [4.78, 5) is 14.7. The molecule has 0 saturated heterocycles. The summed E-state index contributed by atoms with van der Waals surface area (Å²) in [5, 5.41) is 8.85. The number of nitrogens with one attached hydrogen (secondary N) is 2. The van der Waals surface area contributed by atoms with Gasteiger partial charge in [0.05, 0.1) is 0 Å². The van der Waals surface area contributed by atoms with Crippen LogP contribution < -0.4 is 10.6 Å². The number of aromatic nitrogens is 3. The van der Waals surface area contributed by atoms with Crippen molar-refractivity contribution in [1.82, 2.24) is 14.8 Å². The summed E-state index contributed by atoms with van der Waals surface area (Å²) in [5.41, 5.74) is -0.615. The molecule has 27 heavy (non-hydrogen) atoms. The molecule has 2 aromatic heterocycles. The number of carbonyl (C=O) groups is 1. The third-order valence-electron chi connectivity index (χ3n) is 3.70. The van der Waals surface area contributed by atoms with Gasteiger partial charge in [0, 0.05) is 23.8 Å². The molecule has 1 atom stereocenters. The molecule has 1 unspecified atom stereocenters. The fourth-order valence-corrected chi connectivity index (χ4v) is 2.29. The number of amides is 1. The van der Waals surface area contributed by atoms with Crippen LogP contribution in [0.15, 0.2) is 42.7 Å². The molecule has 140 valence electrons. The average molecular weight is 379 g/mol. The first-order valence-electron chi connectivity index (χ1n) is 7.74. The smallest absolute Gasteiger partial charge is 0.253 e. The third kappa shape index (κ3) is 3.89. The fraction of sp³-hybridized carbons (Fsp3) is 0.118. The highest BCUT2D eigenvalue weighted by atomic mass is 19.2. The van der Waals surface area contributed by atoms with E-state index in [2.05, 4.69) is 20.7 Å². The lowest BCUT2D eigenvalue weighted by molar-refractivity contribution is -0.119. The SMILES string of the molecule is CC(C(=O)Nc1cccc(Nc2c(F)c(F)nc(F)c2F)c1)n1cccn1. The molecule has 0 fully saturated rings. The molecular weight excluding hydrogens is 366 g/mol. The van der Waals surface area contributed by atoms with E-state index in [1.807, 2.05) is 0 Å². The van der Waals surface area contributed by atoms with Gasteiger partial charge in [-0.1, -0.05) is 6.07 Å². The number of anilines is 3. The van der Waals surface area contributed by atoms with Crippen molar-refractivity contribution in [3.8, 4) is 0 Å². The zero-order chi connectivity index (χ0) is 19.6. The number of halogens is 4. The fourth-order valence-electron chi connectivity index (χ4n) is 2.29. The Bertz CT molecular complexity index is 951. The van der Waals surface area contributed by atoms with Gasteiger partial charge in [0.15, 0.2) is 0 Å². The Balaban J connectivity index is 1.80. The zero-order valence-corrected chi connectivity index (χ0v) is 13.9. The first kappa shape index (κ1) is 18.4. The molecule has 1 amide bonds. The van der Waals surface area contributed by atoms with Crippen LogP contribution in [-0.2, 0) is 4.79 Å². The lowest BCUT2D eigenvalue weighted by atomic mass is 10.2. The minimum absolute atomic E-state index is 0.0994. The monoisotopic (exact) mass is 379 g/mol. The summed E-state index contributed by atoms with van der Waals surface area (Å²) >= 11 is 0. The van der Waals surface area contributed by atoms with Crippen LogP contribution in [-0.4, -0.2) is 20.7 Å². The van der Waals surface area contributed by atoms with E-state index in [1.165, 1.54) is 29.1 Å². The lowest BCUT2D eigenvalue weighted by Gasteiger charge is -2.14. The molecule has 1 aromatic carbocycles. The summed E-state index contributed by atoms with van der Waals surface area (Å²) in [6.45, 7) is 1.64. The van der Waals surface area contributed by atoms with Gasteiger partial charge in [0.1, 0.15) is 11.7 Å². The Kier molecular flexibility index (Phi) is 5.06. The molecule has 3 rings (SSSR count). The number of hydrogen-bond donors (Lipinski definition) is 2. The predicted octanol–water partition coefficient (Wildman–Crippen LogP) is 3.78. The summed E-state index contributed by atoms with van der Waals surface area (Å²) < 4.78 is 55.3. The minimum Gasteiger partial charge on any atom is -0.350 e. The molecule has 2 N–H and O–H groups in total. The van der Waals surface area contributed by atoms with E-state index in [1.54, 1.807) is 25.3 Å². The highest BCUT2D eigenvalue weighted by Gasteiger charge is 2.21. The van der Waals surface area contributed by atoms with Crippen molar-refractivity contribution in [2.24, 2.45) is 0 Å². The zero-order valence-electron chi connectivity index (χ0n) is 13.9. The third-order valence-corrected chi connectivity index (χ3v) is 3.70. The van der Waals surface area contributed by atoms with E-state index in [0.717, 1.165) is 0 Å². The molecule has 10 heteroatoms. The van der Waals surface area contributed by atoms with Gasteiger partial charge in [-0.05, 0) is 31.2 Å². The van der Waals surface area contributed by atoms with Crippen molar-refractivity contribution >= 4 is 23.0 Å². The molecule has 0 spiro atoms.